The predicted molar refractivity (Wildman–Crippen MR) is 114 cm³/mol. The number of rotatable bonds is 11. The lowest BCUT2D eigenvalue weighted by Crippen LogP contribution is -2.38. The van der Waals surface area contributed by atoms with Crippen LogP contribution in [0.1, 0.15) is 44.2 Å². The van der Waals surface area contributed by atoms with E-state index in [4.69, 9.17) is 21.1 Å². The Morgan fingerprint density at radius 2 is 1.96 bits per heavy atom. The molecule has 0 spiro atoms. The van der Waals surface area contributed by atoms with Gasteiger partial charge < -0.3 is 14.8 Å². The normalized spacial score (nSPS) is 11.7. The minimum atomic E-state index is -0.513. The Morgan fingerprint density at radius 3 is 2.68 bits per heavy atom. The van der Waals surface area contributed by atoms with Crippen LogP contribution in [0.15, 0.2) is 42.5 Å². The molecule has 0 bridgehead atoms. The second-order valence-electron chi connectivity index (χ2n) is 6.78. The molecule has 0 aromatic heterocycles. The summed E-state index contributed by atoms with van der Waals surface area (Å²) in [6.45, 7) is 7.26. The van der Waals surface area contributed by atoms with Crippen molar-refractivity contribution in [1.82, 2.24) is 5.32 Å². The summed E-state index contributed by atoms with van der Waals surface area (Å²) in [6, 6.07) is 13.5. The number of aryl methyl sites for hydroxylation is 2. The number of benzene rings is 2. The van der Waals surface area contributed by atoms with Crippen LogP contribution in [0, 0.1) is 6.92 Å². The Kier molecular flexibility index (Phi) is 9.15. The lowest BCUT2D eigenvalue weighted by atomic mass is 10.1. The van der Waals surface area contributed by atoms with Crippen molar-refractivity contribution in [3.8, 4) is 11.5 Å². The smallest absolute Gasteiger partial charge is 0.261 e. The van der Waals surface area contributed by atoms with Crippen LogP contribution in [0.2, 0.25) is 5.02 Å². The van der Waals surface area contributed by atoms with Crippen LogP contribution in [-0.4, -0.2) is 25.2 Å². The lowest BCUT2D eigenvalue weighted by molar-refractivity contribution is -0.128. The van der Waals surface area contributed by atoms with Gasteiger partial charge in [0.1, 0.15) is 11.5 Å². The van der Waals surface area contributed by atoms with Gasteiger partial charge in [0.15, 0.2) is 6.10 Å². The van der Waals surface area contributed by atoms with E-state index < -0.39 is 6.10 Å². The lowest BCUT2D eigenvalue weighted by Gasteiger charge is -2.18. The third-order valence-electron chi connectivity index (χ3n) is 4.43. The van der Waals surface area contributed by atoms with E-state index in [1.54, 1.807) is 12.1 Å². The van der Waals surface area contributed by atoms with Gasteiger partial charge in [-0.2, -0.15) is 0 Å². The number of carbonyl (C=O) groups is 1. The average molecular weight is 404 g/mol. The second kappa shape index (κ2) is 11.6. The van der Waals surface area contributed by atoms with Crippen molar-refractivity contribution < 1.29 is 14.3 Å². The molecular formula is C23H30ClNO3. The number of para-hydroxylation sites is 1. The zero-order valence-electron chi connectivity index (χ0n) is 17.0. The molecule has 0 saturated carbocycles. The zero-order chi connectivity index (χ0) is 20.4. The number of carbonyl (C=O) groups excluding carboxylic acids is 1. The summed E-state index contributed by atoms with van der Waals surface area (Å²) in [4.78, 5) is 12.5. The molecule has 152 valence electrons. The van der Waals surface area contributed by atoms with Crippen LogP contribution >= 0.6 is 11.6 Å². The van der Waals surface area contributed by atoms with Gasteiger partial charge in [-0.05, 0) is 68.0 Å². The van der Waals surface area contributed by atoms with Crippen molar-refractivity contribution in [3.05, 3.63) is 58.6 Å². The maximum absolute atomic E-state index is 12.5. The highest BCUT2D eigenvalue weighted by Gasteiger charge is 2.18. The Labute approximate surface area is 173 Å². The molecule has 1 amide bonds. The second-order valence-corrected chi connectivity index (χ2v) is 7.18. The summed E-state index contributed by atoms with van der Waals surface area (Å²) in [6.07, 6.45) is 2.76. The van der Waals surface area contributed by atoms with Crippen LogP contribution in [-0.2, 0) is 11.2 Å². The van der Waals surface area contributed by atoms with E-state index in [0.717, 1.165) is 30.6 Å². The first-order chi connectivity index (χ1) is 13.5. The Balaban J connectivity index is 1.81. The molecule has 2 rings (SSSR count). The number of hydrogen-bond acceptors (Lipinski definition) is 3. The molecule has 28 heavy (non-hydrogen) atoms. The molecule has 0 unspecified atom stereocenters. The molecule has 0 aliphatic rings. The minimum absolute atomic E-state index is 0.0920. The van der Waals surface area contributed by atoms with E-state index in [2.05, 4.69) is 18.3 Å². The van der Waals surface area contributed by atoms with E-state index in [9.17, 15) is 4.79 Å². The highest BCUT2D eigenvalue weighted by atomic mass is 35.5. The molecule has 1 N–H and O–H groups in total. The molecule has 2 aromatic rings. The van der Waals surface area contributed by atoms with Crippen molar-refractivity contribution in [2.24, 2.45) is 0 Å². The first kappa shape index (κ1) is 22.1. The number of hydrogen-bond donors (Lipinski definition) is 1. The van der Waals surface area contributed by atoms with Crippen LogP contribution < -0.4 is 14.8 Å². The molecule has 2 aromatic carbocycles. The maximum atomic E-state index is 12.5. The average Bonchev–Trinajstić information content (AvgIpc) is 2.71. The van der Waals surface area contributed by atoms with E-state index >= 15 is 0 Å². The summed E-state index contributed by atoms with van der Waals surface area (Å²) in [5.74, 6) is 1.50. The van der Waals surface area contributed by atoms with Gasteiger partial charge in [-0.15, -0.1) is 0 Å². The van der Waals surface area contributed by atoms with E-state index in [1.807, 2.05) is 38.1 Å². The van der Waals surface area contributed by atoms with Gasteiger partial charge in [-0.25, -0.2) is 0 Å². The summed E-state index contributed by atoms with van der Waals surface area (Å²) < 4.78 is 11.6. The molecule has 0 aliphatic carbocycles. The molecule has 4 nitrogen and oxygen atoms in total. The zero-order valence-corrected chi connectivity index (χ0v) is 17.7. The fourth-order valence-electron chi connectivity index (χ4n) is 2.84. The van der Waals surface area contributed by atoms with Crippen molar-refractivity contribution in [1.29, 1.82) is 0 Å². The molecule has 0 fully saturated rings. The van der Waals surface area contributed by atoms with Crippen LogP contribution in [0.3, 0.4) is 0 Å². The van der Waals surface area contributed by atoms with Gasteiger partial charge in [-0.1, -0.05) is 43.6 Å². The predicted octanol–water partition coefficient (Wildman–Crippen LogP) is 5.34. The molecule has 0 radical (unpaired) electrons. The molecule has 5 heteroatoms. The Bertz CT molecular complexity index is 763. The van der Waals surface area contributed by atoms with Crippen molar-refractivity contribution in [3.63, 3.8) is 0 Å². The maximum Gasteiger partial charge on any atom is 0.261 e. The highest BCUT2D eigenvalue weighted by Crippen LogP contribution is 2.22. The van der Waals surface area contributed by atoms with Crippen molar-refractivity contribution in [2.45, 2.75) is 52.6 Å². The molecule has 0 aliphatic heterocycles. The number of ether oxygens (including phenoxy) is 2. The highest BCUT2D eigenvalue weighted by molar-refractivity contribution is 6.31. The van der Waals surface area contributed by atoms with Crippen molar-refractivity contribution in [2.75, 3.05) is 13.2 Å². The third-order valence-corrected chi connectivity index (χ3v) is 4.85. The van der Waals surface area contributed by atoms with Crippen LogP contribution in [0.4, 0.5) is 0 Å². The topological polar surface area (TPSA) is 47.6 Å². The first-order valence-electron chi connectivity index (χ1n) is 9.96. The van der Waals surface area contributed by atoms with E-state index in [0.29, 0.717) is 30.3 Å². The fraction of sp³-hybridized carbons (Fsp3) is 0.435. The summed E-state index contributed by atoms with van der Waals surface area (Å²) in [7, 11) is 0. The SMILES string of the molecule is CCCOc1ccccc1CCCNC(=O)[C@@H](CC)Oc1ccc(Cl)c(C)c1. The van der Waals surface area contributed by atoms with E-state index in [1.165, 1.54) is 5.56 Å². The first-order valence-corrected chi connectivity index (χ1v) is 10.3. The van der Waals surface area contributed by atoms with Gasteiger partial charge in [0, 0.05) is 11.6 Å². The summed E-state index contributed by atoms with van der Waals surface area (Å²) >= 11 is 6.04. The Hall–Kier alpha value is -2.20. The third kappa shape index (κ3) is 6.75. The van der Waals surface area contributed by atoms with Crippen LogP contribution in [0.5, 0.6) is 11.5 Å². The van der Waals surface area contributed by atoms with Crippen LogP contribution in [0.25, 0.3) is 0 Å². The number of halogens is 1. The van der Waals surface area contributed by atoms with E-state index in [-0.39, 0.29) is 5.91 Å². The van der Waals surface area contributed by atoms with Gasteiger partial charge in [0.2, 0.25) is 0 Å². The molecule has 1 atom stereocenters. The van der Waals surface area contributed by atoms with Gasteiger partial charge in [0.05, 0.1) is 6.61 Å². The quantitative estimate of drug-likeness (QED) is 0.515. The molecular weight excluding hydrogens is 374 g/mol. The number of amides is 1. The summed E-state index contributed by atoms with van der Waals surface area (Å²) in [5, 5.41) is 3.67. The monoisotopic (exact) mass is 403 g/mol. The fourth-order valence-corrected chi connectivity index (χ4v) is 2.96. The standard InChI is InChI=1S/C23H30ClNO3/c1-4-15-27-22-11-7-6-9-18(22)10-8-14-25-23(26)21(5-2)28-19-12-13-20(24)17(3)16-19/h6-7,9,11-13,16,21H,4-5,8,10,14-15H2,1-3H3,(H,25,26)/t21-/m1/s1. The van der Waals surface area contributed by atoms with Gasteiger partial charge in [-0.3, -0.25) is 4.79 Å². The summed E-state index contributed by atoms with van der Waals surface area (Å²) in [5.41, 5.74) is 2.10. The Morgan fingerprint density at radius 1 is 1.18 bits per heavy atom. The van der Waals surface area contributed by atoms with Gasteiger partial charge in [0.25, 0.3) is 5.91 Å². The number of nitrogens with one attached hydrogen (secondary N) is 1. The molecule has 0 heterocycles. The minimum Gasteiger partial charge on any atom is -0.493 e. The molecule has 0 saturated heterocycles. The van der Waals surface area contributed by atoms with Crippen molar-refractivity contribution >= 4 is 17.5 Å². The van der Waals surface area contributed by atoms with Gasteiger partial charge >= 0.3 is 0 Å². The largest absolute Gasteiger partial charge is 0.493 e.